The van der Waals surface area contributed by atoms with Crippen molar-refractivity contribution in [1.82, 2.24) is 0 Å². The van der Waals surface area contributed by atoms with Crippen molar-refractivity contribution in [2.75, 3.05) is 0 Å². The molecule has 0 N–H and O–H groups in total. The molecular formula is C30H22. The highest BCUT2D eigenvalue weighted by Crippen LogP contribution is 2.12. The summed E-state index contributed by atoms with van der Waals surface area (Å²) in [6.07, 6.45) is 0. The van der Waals surface area contributed by atoms with Gasteiger partial charge in [0.25, 0.3) is 0 Å². The Kier molecular flexibility index (Phi) is 4.98. The summed E-state index contributed by atoms with van der Waals surface area (Å²) in [4.78, 5) is 0. The van der Waals surface area contributed by atoms with Crippen LogP contribution in [0.2, 0.25) is 0 Å². The van der Waals surface area contributed by atoms with Crippen LogP contribution >= 0.6 is 0 Å². The summed E-state index contributed by atoms with van der Waals surface area (Å²) >= 11 is 0. The molecule has 0 aliphatic heterocycles. The van der Waals surface area contributed by atoms with Crippen LogP contribution in [-0.2, 0) is 0 Å². The van der Waals surface area contributed by atoms with Crippen LogP contribution in [0.3, 0.4) is 0 Å². The molecular weight excluding hydrogens is 360 g/mol. The summed E-state index contributed by atoms with van der Waals surface area (Å²) in [5, 5.41) is 10.4. The molecule has 0 saturated carbocycles. The van der Waals surface area contributed by atoms with Crippen LogP contribution in [0.4, 0.5) is 0 Å². The first-order valence-electron chi connectivity index (χ1n) is 10.3. The Hall–Kier alpha value is -3.90. The lowest BCUT2D eigenvalue weighted by Crippen LogP contribution is -1.88. The van der Waals surface area contributed by atoms with Gasteiger partial charge in [-0.05, 0) is 41.7 Å². The Bertz CT molecular complexity index is 1270. The summed E-state index contributed by atoms with van der Waals surface area (Å²) in [5.41, 5.74) is 0. The van der Waals surface area contributed by atoms with Gasteiger partial charge in [0.15, 0.2) is 0 Å². The Morgan fingerprint density at radius 3 is 0.433 bits per heavy atom. The fraction of sp³-hybridized carbons (Fsp3) is 0. The molecule has 0 atom stereocenters. The lowest BCUT2D eigenvalue weighted by atomic mass is 10.0. The van der Waals surface area contributed by atoms with Gasteiger partial charge < -0.3 is 0 Å². The zero-order chi connectivity index (χ0) is 20.2. The second kappa shape index (κ2) is 8.23. The third-order valence-electron chi connectivity index (χ3n) is 5.54. The van der Waals surface area contributed by atoms with Crippen LogP contribution in [0.1, 0.15) is 0 Å². The van der Waals surface area contributed by atoms with Crippen LogP contribution < -0.4 is 0 Å². The molecule has 0 aromatic heterocycles. The largest absolute Gasteiger partial charge is 0.0623 e. The van der Waals surface area contributed by atoms with E-state index in [0.717, 1.165) is 0 Å². The fourth-order valence-corrected chi connectivity index (χ4v) is 4.20. The van der Waals surface area contributed by atoms with E-state index in [9.17, 15) is 0 Å². The van der Waals surface area contributed by atoms with Crippen molar-refractivity contribution in [3.63, 3.8) is 0 Å². The molecule has 1 aliphatic carbocycles. The molecule has 0 heterocycles. The van der Waals surface area contributed by atoms with Gasteiger partial charge in [-0.2, -0.15) is 0 Å². The standard InChI is InChI=1S/C24H16.C6H6/c1-2-10-18-17(9-1)19-11-3-4-13-21(19)23-15-7-8-16-24(23)22-14-6-5-12-20(18)22;1-2-4-6-5-3-1/h1-16H;1-6H. The van der Waals surface area contributed by atoms with E-state index in [1.165, 1.54) is 41.7 Å². The van der Waals surface area contributed by atoms with Crippen LogP contribution in [0.15, 0.2) is 133 Å². The smallest absolute Gasteiger partial charge is 0.00990 e. The Morgan fingerprint density at radius 1 is 0.167 bits per heavy atom. The number of hydrogen-bond donors (Lipinski definition) is 0. The van der Waals surface area contributed by atoms with Crippen molar-refractivity contribution in [3.05, 3.63) is 175 Å². The predicted molar refractivity (Wildman–Crippen MR) is 123 cm³/mol. The van der Waals surface area contributed by atoms with Crippen LogP contribution in [-0.4, -0.2) is 0 Å². The van der Waals surface area contributed by atoms with Gasteiger partial charge in [-0.15, -0.1) is 0 Å². The highest BCUT2D eigenvalue weighted by atomic mass is 14.0. The van der Waals surface area contributed by atoms with E-state index in [2.05, 4.69) is 97.1 Å². The van der Waals surface area contributed by atoms with Crippen LogP contribution in [0.5, 0.6) is 0 Å². The van der Waals surface area contributed by atoms with Crippen LogP contribution in [0, 0.1) is 41.7 Å². The first kappa shape index (κ1) is 18.1. The SMILES string of the molecule is c1ccc2c(c1)=c1ccccc1=c1ccccc1=c1ccccc1=2.c1ccccc1. The van der Waals surface area contributed by atoms with Gasteiger partial charge in [0.05, 0.1) is 0 Å². The maximum absolute atomic E-state index is 2.24. The van der Waals surface area contributed by atoms with Crippen molar-refractivity contribution in [2.24, 2.45) is 0 Å². The third kappa shape index (κ3) is 3.33. The van der Waals surface area contributed by atoms with E-state index in [0.29, 0.717) is 0 Å². The summed E-state index contributed by atoms with van der Waals surface area (Å²) < 4.78 is 0. The van der Waals surface area contributed by atoms with E-state index in [-0.39, 0.29) is 0 Å². The Morgan fingerprint density at radius 2 is 0.300 bits per heavy atom. The lowest BCUT2D eigenvalue weighted by molar-refractivity contribution is 1.29. The number of benzene rings is 5. The highest BCUT2D eigenvalue weighted by molar-refractivity contribution is 5.29. The number of hydrogen-bond acceptors (Lipinski definition) is 0. The topological polar surface area (TPSA) is 0 Å². The minimum Gasteiger partial charge on any atom is -0.0623 e. The third-order valence-corrected chi connectivity index (χ3v) is 5.54. The van der Waals surface area contributed by atoms with E-state index in [1.807, 2.05) is 36.4 Å². The van der Waals surface area contributed by atoms with Crippen molar-refractivity contribution >= 4 is 0 Å². The van der Waals surface area contributed by atoms with Gasteiger partial charge in [-0.25, -0.2) is 0 Å². The summed E-state index contributed by atoms with van der Waals surface area (Å²) in [7, 11) is 0. The van der Waals surface area contributed by atoms with E-state index in [1.54, 1.807) is 0 Å². The lowest BCUT2D eigenvalue weighted by Gasteiger charge is -2.02. The van der Waals surface area contributed by atoms with Gasteiger partial charge in [0.2, 0.25) is 0 Å². The van der Waals surface area contributed by atoms with Crippen molar-refractivity contribution < 1.29 is 0 Å². The first-order valence-corrected chi connectivity index (χ1v) is 10.3. The molecule has 0 radical (unpaired) electrons. The van der Waals surface area contributed by atoms with Crippen LogP contribution in [0.25, 0.3) is 0 Å². The van der Waals surface area contributed by atoms with E-state index in [4.69, 9.17) is 0 Å². The normalized spacial score (nSPS) is 10.7. The van der Waals surface area contributed by atoms with Crippen molar-refractivity contribution in [2.45, 2.75) is 0 Å². The molecule has 0 nitrogen and oxygen atoms in total. The minimum absolute atomic E-state index is 1.30. The second-order valence-corrected chi connectivity index (χ2v) is 7.34. The van der Waals surface area contributed by atoms with E-state index < -0.39 is 0 Å². The summed E-state index contributed by atoms with van der Waals surface area (Å²) in [6, 6.07) is 46.9. The molecule has 1 aliphatic rings. The van der Waals surface area contributed by atoms with Crippen molar-refractivity contribution in [3.8, 4) is 0 Å². The molecule has 30 heavy (non-hydrogen) atoms. The fourth-order valence-electron chi connectivity index (χ4n) is 4.20. The molecule has 0 fully saturated rings. The quantitative estimate of drug-likeness (QED) is 0.270. The second-order valence-electron chi connectivity index (χ2n) is 7.34. The van der Waals surface area contributed by atoms with Crippen molar-refractivity contribution in [1.29, 1.82) is 0 Å². The first-order chi connectivity index (χ1) is 14.9. The summed E-state index contributed by atoms with van der Waals surface area (Å²) in [6.45, 7) is 0. The van der Waals surface area contributed by atoms with E-state index >= 15 is 0 Å². The number of rotatable bonds is 0. The molecule has 142 valence electrons. The molecule has 0 bridgehead atoms. The number of fused-ring (bicyclic) bond motifs is 4. The monoisotopic (exact) mass is 382 g/mol. The zero-order valence-corrected chi connectivity index (χ0v) is 16.7. The maximum Gasteiger partial charge on any atom is -0.00990 e. The van der Waals surface area contributed by atoms with Gasteiger partial charge in [0, 0.05) is 0 Å². The molecule has 0 amide bonds. The molecule has 0 saturated heterocycles. The molecule has 0 heteroatoms. The molecule has 6 rings (SSSR count). The predicted octanol–water partition coefficient (Wildman–Crippen LogP) is 6.83. The zero-order valence-electron chi connectivity index (χ0n) is 16.7. The minimum atomic E-state index is 1.30. The molecule has 0 spiro atoms. The maximum atomic E-state index is 2.24. The van der Waals surface area contributed by atoms with Gasteiger partial charge >= 0.3 is 0 Å². The van der Waals surface area contributed by atoms with Gasteiger partial charge in [-0.1, -0.05) is 133 Å². The van der Waals surface area contributed by atoms with Gasteiger partial charge in [-0.3, -0.25) is 0 Å². The average Bonchev–Trinajstić information content (AvgIpc) is 2.85. The average molecular weight is 383 g/mol. The molecule has 5 aromatic rings. The Balaban J connectivity index is 0.000000279. The highest BCUT2D eigenvalue weighted by Gasteiger charge is 1.98. The summed E-state index contributed by atoms with van der Waals surface area (Å²) in [5.74, 6) is 0. The Labute approximate surface area is 175 Å². The molecule has 5 aromatic carbocycles. The van der Waals surface area contributed by atoms with Gasteiger partial charge in [0.1, 0.15) is 0 Å². The molecule has 0 unspecified atom stereocenters.